The average molecular weight is 727 g/mol. The number of hydrogen-bond donors (Lipinski definition) is 0. The molecular weight excluding hydrogens is 671 g/mol. The summed E-state index contributed by atoms with van der Waals surface area (Å²) in [5, 5.41) is 2.72. The molecule has 0 bridgehead atoms. The highest BCUT2D eigenvalue weighted by molar-refractivity contribution is 7.26. The fourth-order valence-corrected chi connectivity index (χ4v) is 11.1. The van der Waals surface area contributed by atoms with E-state index < -0.39 is 0 Å². The van der Waals surface area contributed by atoms with E-state index in [0.717, 1.165) is 0 Å². The third kappa shape index (κ3) is 5.19. The van der Waals surface area contributed by atoms with Crippen molar-refractivity contribution < 1.29 is 0 Å². The summed E-state index contributed by atoms with van der Waals surface area (Å²) >= 11 is 1.96. The zero-order chi connectivity index (χ0) is 38.3. The summed E-state index contributed by atoms with van der Waals surface area (Å²) in [5.41, 5.74) is 19.5. The van der Waals surface area contributed by atoms with Gasteiger partial charge in [0.1, 0.15) is 0 Å². The zero-order valence-electron chi connectivity index (χ0n) is 34.5. The Bertz CT molecular complexity index is 2500. The fourth-order valence-electron chi connectivity index (χ4n) is 9.81. The molecule has 3 aliphatic rings. The first-order valence-electron chi connectivity index (χ1n) is 20.0. The Balaban J connectivity index is 1.42. The van der Waals surface area contributed by atoms with Gasteiger partial charge in [-0.15, -0.1) is 11.3 Å². The minimum absolute atomic E-state index is 0.0239. The van der Waals surface area contributed by atoms with Crippen LogP contribution in [0.5, 0.6) is 0 Å². The highest BCUT2D eigenvalue weighted by atomic mass is 32.1. The van der Waals surface area contributed by atoms with Crippen LogP contribution in [0.15, 0.2) is 91.0 Å². The maximum atomic E-state index is 2.68. The van der Waals surface area contributed by atoms with Crippen molar-refractivity contribution in [1.82, 2.24) is 0 Å². The number of aryl methyl sites for hydroxylation is 2. The number of thiophene rings is 1. The number of fused-ring (bicyclic) bond motifs is 8. The summed E-state index contributed by atoms with van der Waals surface area (Å²) in [6, 6.07) is 35.8. The molecule has 2 nitrogen and oxygen atoms in total. The number of rotatable bonds is 2. The molecule has 3 heterocycles. The summed E-state index contributed by atoms with van der Waals surface area (Å²) in [6.45, 7) is 28.5. The minimum Gasteiger partial charge on any atom is -0.311 e. The molecule has 1 aromatic heterocycles. The standard InChI is InChI=1S/C50H55BN2S/c1-30-27-39-44-40(28-30)53(38-24-19-33(29-31(38)2)48(6,7)8)46-43(35-15-13-14-16-41(35)54-46)51(44)37-23-22-36-42(50(11,12)26-25-49(36,9)10)45(37)52(39)34-20-17-32(18-21-34)47(3,4)5/h13-24,27-29H,25-26H2,1-12H3. The topological polar surface area (TPSA) is 6.48 Å². The van der Waals surface area contributed by atoms with Gasteiger partial charge in [0.25, 0.3) is 6.71 Å². The van der Waals surface area contributed by atoms with Crippen molar-refractivity contribution in [3.05, 3.63) is 124 Å². The van der Waals surface area contributed by atoms with Gasteiger partial charge in [0.05, 0.1) is 5.00 Å². The van der Waals surface area contributed by atoms with Gasteiger partial charge in [-0.05, 0) is 140 Å². The predicted molar refractivity (Wildman–Crippen MR) is 238 cm³/mol. The van der Waals surface area contributed by atoms with Crippen molar-refractivity contribution in [3.8, 4) is 0 Å². The van der Waals surface area contributed by atoms with Gasteiger partial charge in [-0.2, -0.15) is 0 Å². The van der Waals surface area contributed by atoms with E-state index in [1.54, 1.807) is 0 Å². The Morgan fingerprint density at radius 3 is 1.93 bits per heavy atom. The van der Waals surface area contributed by atoms with Crippen molar-refractivity contribution in [2.45, 2.75) is 118 Å². The molecule has 0 spiro atoms. The third-order valence-electron chi connectivity index (χ3n) is 13.0. The highest BCUT2D eigenvalue weighted by Crippen LogP contribution is 2.54. The molecule has 4 heteroatoms. The minimum atomic E-state index is 0.0239. The molecule has 5 aromatic carbocycles. The van der Waals surface area contributed by atoms with Crippen LogP contribution in [-0.2, 0) is 21.7 Å². The van der Waals surface area contributed by atoms with Gasteiger partial charge in [0.15, 0.2) is 0 Å². The molecule has 0 saturated carbocycles. The molecule has 0 radical (unpaired) electrons. The van der Waals surface area contributed by atoms with Crippen LogP contribution >= 0.6 is 11.3 Å². The predicted octanol–water partition coefficient (Wildman–Crippen LogP) is 12.5. The second kappa shape index (κ2) is 11.6. The lowest BCUT2D eigenvalue weighted by Gasteiger charge is -2.49. The van der Waals surface area contributed by atoms with E-state index in [9.17, 15) is 0 Å². The molecule has 0 N–H and O–H groups in total. The first-order chi connectivity index (χ1) is 25.4. The van der Waals surface area contributed by atoms with E-state index in [1.807, 2.05) is 11.3 Å². The first-order valence-corrected chi connectivity index (χ1v) is 20.8. The van der Waals surface area contributed by atoms with Crippen LogP contribution in [0.25, 0.3) is 10.1 Å². The van der Waals surface area contributed by atoms with Crippen molar-refractivity contribution >= 4 is 78.0 Å². The second-order valence-electron chi connectivity index (χ2n) is 19.9. The lowest BCUT2D eigenvalue weighted by molar-refractivity contribution is 0.333. The van der Waals surface area contributed by atoms with Crippen LogP contribution in [0.1, 0.15) is 115 Å². The molecule has 0 atom stereocenters. The number of anilines is 6. The van der Waals surface area contributed by atoms with Gasteiger partial charge in [-0.3, -0.25) is 0 Å². The van der Waals surface area contributed by atoms with E-state index in [4.69, 9.17) is 0 Å². The van der Waals surface area contributed by atoms with Gasteiger partial charge < -0.3 is 9.80 Å². The average Bonchev–Trinajstić information content (AvgIpc) is 3.48. The molecule has 9 rings (SSSR count). The molecule has 54 heavy (non-hydrogen) atoms. The van der Waals surface area contributed by atoms with Gasteiger partial charge >= 0.3 is 0 Å². The van der Waals surface area contributed by atoms with Gasteiger partial charge in [0, 0.05) is 33.1 Å². The van der Waals surface area contributed by atoms with Crippen LogP contribution in [0.3, 0.4) is 0 Å². The molecule has 6 aromatic rings. The van der Waals surface area contributed by atoms with Gasteiger partial charge in [-0.1, -0.05) is 124 Å². The SMILES string of the molecule is Cc1cc2c3c(c1)N(c1ccc(C(C)(C)C)cc1)c1c(ccc4c1C(C)(C)CCC4(C)C)B3c1c(sc3ccccc13)N2c1ccc(C(C)(C)C)cc1C. The summed E-state index contributed by atoms with van der Waals surface area (Å²) < 4.78 is 1.35. The molecule has 2 aliphatic heterocycles. The first kappa shape index (κ1) is 35.4. The molecule has 0 fully saturated rings. The normalized spacial score (nSPS) is 16.9. The van der Waals surface area contributed by atoms with Crippen molar-refractivity contribution in [2.24, 2.45) is 0 Å². The largest absolute Gasteiger partial charge is 0.311 e. The lowest BCUT2D eigenvalue weighted by Crippen LogP contribution is -2.61. The number of benzene rings is 5. The Hall–Kier alpha value is -4.28. The van der Waals surface area contributed by atoms with Gasteiger partial charge in [-0.25, -0.2) is 0 Å². The zero-order valence-corrected chi connectivity index (χ0v) is 35.3. The summed E-state index contributed by atoms with van der Waals surface area (Å²) in [6.07, 6.45) is 2.36. The van der Waals surface area contributed by atoms with Crippen LogP contribution in [0, 0.1) is 13.8 Å². The monoisotopic (exact) mass is 726 g/mol. The van der Waals surface area contributed by atoms with E-state index in [1.165, 1.54) is 106 Å². The van der Waals surface area contributed by atoms with Crippen LogP contribution in [0.4, 0.5) is 33.4 Å². The number of nitrogens with zero attached hydrogens (tertiary/aromatic N) is 2. The summed E-state index contributed by atoms with van der Waals surface area (Å²) in [4.78, 5) is 5.31. The maximum Gasteiger partial charge on any atom is 0.254 e. The number of hydrogen-bond acceptors (Lipinski definition) is 3. The molecule has 1 aliphatic carbocycles. The lowest BCUT2D eigenvalue weighted by atomic mass is 9.33. The van der Waals surface area contributed by atoms with E-state index in [-0.39, 0.29) is 28.4 Å². The third-order valence-corrected chi connectivity index (χ3v) is 14.1. The summed E-state index contributed by atoms with van der Waals surface area (Å²) in [5.74, 6) is 0. The van der Waals surface area contributed by atoms with E-state index >= 15 is 0 Å². The Morgan fingerprint density at radius 2 is 1.26 bits per heavy atom. The van der Waals surface area contributed by atoms with E-state index in [0.29, 0.717) is 0 Å². The van der Waals surface area contributed by atoms with Crippen molar-refractivity contribution in [2.75, 3.05) is 9.80 Å². The van der Waals surface area contributed by atoms with Gasteiger partial charge in [0.2, 0.25) is 0 Å². The molecule has 0 unspecified atom stereocenters. The highest BCUT2D eigenvalue weighted by Gasteiger charge is 2.49. The van der Waals surface area contributed by atoms with E-state index in [2.05, 4.69) is 184 Å². The Morgan fingerprint density at radius 1 is 0.630 bits per heavy atom. The molecule has 274 valence electrons. The van der Waals surface area contributed by atoms with Crippen LogP contribution < -0.4 is 26.2 Å². The molecule has 0 amide bonds. The Kier molecular flexibility index (Phi) is 7.62. The molecular formula is C50H55BN2S. The van der Waals surface area contributed by atoms with Crippen molar-refractivity contribution in [3.63, 3.8) is 0 Å². The quantitative estimate of drug-likeness (QED) is 0.164. The Labute approximate surface area is 328 Å². The van der Waals surface area contributed by atoms with Crippen LogP contribution in [-0.4, -0.2) is 6.71 Å². The molecule has 0 saturated heterocycles. The maximum absolute atomic E-state index is 2.68. The second-order valence-corrected chi connectivity index (χ2v) is 20.9. The van der Waals surface area contributed by atoms with Crippen LogP contribution in [0.2, 0.25) is 0 Å². The van der Waals surface area contributed by atoms with Crippen molar-refractivity contribution in [1.29, 1.82) is 0 Å². The fraction of sp³-hybridized carbons (Fsp3) is 0.360. The smallest absolute Gasteiger partial charge is 0.254 e. The summed E-state index contributed by atoms with van der Waals surface area (Å²) in [7, 11) is 0.